The summed E-state index contributed by atoms with van der Waals surface area (Å²) in [5.74, 6) is 0. The Balaban J connectivity index is 1.86. The van der Waals surface area contributed by atoms with E-state index in [2.05, 4.69) is 24.5 Å². The first-order chi connectivity index (χ1) is 7.68. The molecular weight excluding hydrogens is 196 g/mol. The fraction of sp³-hybridized carbons (Fsp3) is 1.00. The second-order valence-corrected chi connectivity index (χ2v) is 6.30. The van der Waals surface area contributed by atoms with E-state index in [1.165, 1.54) is 64.6 Å². The summed E-state index contributed by atoms with van der Waals surface area (Å²) in [6.07, 6.45) is 9.65. The molecule has 0 aromatic carbocycles. The normalized spacial score (nSPS) is 33.4. The summed E-state index contributed by atoms with van der Waals surface area (Å²) < 4.78 is 0. The molecule has 2 fully saturated rings. The Hall–Kier alpha value is -0.0800. The predicted octanol–water partition coefficient (Wildman–Crippen LogP) is 2.69. The molecule has 0 spiro atoms. The lowest BCUT2D eigenvalue weighted by Gasteiger charge is -2.45. The van der Waals surface area contributed by atoms with Crippen molar-refractivity contribution < 1.29 is 0 Å². The highest BCUT2D eigenvalue weighted by atomic mass is 15.0. The molecule has 16 heavy (non-hydrogen) atoms. The quantitative estimate of drug-likeness (QED) is 0.750. The van der Waals surface area contributed by atoms with Crippen LogP contribution in [-0.2, 0) is 0 Å². The molecule has 2 N–H and O–H groups in total. The van der Waals surface area contributed by atoms with Gasteiger partial charge in [-0.15, -0.1) is 0 Å². The second kappa shape index (κ2) is 5.05. The summed E-state index contributed by atoms with van der Waals surface area (Å²) in [6.45, 7) is 8.39. The van der Waals surface area contributed by atoms with E-state index in [9.17, 15) is 0 Å². The predicted molar refractivity (Wildman–Crippen MR) is 69.7 cm³/mol. The zero-order chi connectivity index (χ0) is 11.5. The van der Waals surface area contributed by atoms with Gasteiger partial charge in [0.2, 0.25) is 0 Å². The van der Waals surface area contributed by atoms with Crippen LogP contribution in [0, 0.1) is 5.41 Å². The van der Waals surface area contributed by atoms with Crippen molar-refractivity contribution in [3.8, 4) is 0 Å². The molecule has 1 aliphatic heterocycles. The first-order valence-corrected chi connectivity index (χ1v) is 7.14. The fourth-order valence-electron chi connectivity index (χ4n) is 3.30. The average molecular weight is 224 g/mol. The third-order valence-corrected chi connectivity index (χ3v) is 4.69. The van der Waals surface area contributed by atoms with Gasteiger partial charge < -0.3 is 10.6 Å². The molecule has 2 nitrogen and oxygen atoms in total. The van der Waals surface area contributed by atoms with Crippen molar-refractivity contribution >= 4 is 0 Å². The summed E-state index contributed by atoms with van der Waals surface area (Å²) in [5, 5.41) is 7.44. The van der Waals surface area contributed by atoms with Gasteiger partial charge in [0.05, 0.1) is 0 Å². The Bertz CT molecular complexity index is 209. The number of piperidine rings is 1. The number of hydrogen-bond acceptors (Lipinski definition) is 2. The third kappa shape index (κ3) is 2.78. The maximum absolute atomic E-state index is 3.85. The average Bonchev–Trinajstić information content (AvgIpc) is 2.26. The summed E-state index contributed by atoms with van der Waals surface area (Å²) in [6, 6.07) is 0. The molecule has 1 atom stereocenters. The first kappa shape index (κ1) is 12.4. The zero-order valence-corrected chi connectivity index (χ0v) is 11.1. The van der Waals surface area contributed by atoms with Crippen molar-refractivity contribution in [2.45, 2.75) is 64.3 Å². The van der Waals surface area contributed by atoms with Gasteiger partial charge in [-0.1, -0.05) is 13.3 Å². The highest BCUT2D eigenvalue weighted by molar-refractivity contribution is 4.95. The molecule has 1 saturated heterocycles. The standard InChI is InChI=1S/C14H28N2/c1-3-6-14(9-5-10-15-11-14)12-16-13(2)7-4-8-13/h15-16H,3-12H2,1-2H3. The van der Waals surface area contributed by atoms with Gasteiger partial charge in [-0.2, -0.15) is 0 Å². The summed E-state index contributed by atoms with van der Waals surface area (Å²) in [4.78, 5) is 0. The van der Waals surface area contributed by atoms with Crippen LogP contribution >= 0.6 is 0 Å². The molecule has 94 valence electrons. The molecule has 1 saturated carbocycles. The van der Waals surface area contributed by atoms with E-state index in [1.807, 2.05) is 0 Å². The number of rotatable bonds is 5. The van der Waals surface area contributed by atoms with Crippen molar-refractivity contribution in [2.24, 2.45) is 5.41 Å². The summed E-state index contributed by atoms with van der Waals surface area (Å²) in [7, 11) is 0. The van der Waals surface area contributed by atoms with Crippen LogP contribution in [0.5, 0.6) is 0 Å². The largest absolute Gasteiger partial charge is 0.316 e. The molecule has 1 unspecified atom stereocenters. The smallest absolute Gasteiger partial charge is 0.0153 e. The molecule has 0 radical (unpaired) electrons. The fourth-order valence-corrected chi connectivity index (χ4v) is 3.30. The lowest BCUT2D eigenvalue weighted by Crippen LogP contribution is -2.55. The minimum Gasteiger partial charge on any atom is -0.316 e. The van der Waals surface area contributed by atoms with E-state index < -0.39 is 0 Å². The molecule has 2 rings (SSSR count). The Morgan fingerprint density at radius 2 is 2.00 bits per heavy atom. The van der Waals surface area contributed by atoms with Crippen LogP contribution in [0.2, 0.25) is 0 Å². The van der Waals surface area contributed by atoms with E-state index >= 15 is 0 Å². The Morgan fingerprint density at radius 1 is 1.19 bits per heavy atom. The van der Waals surface area contributed by atoms with E-state index in [1.54, 1.807) is 0 Å². The minimum atomic E-state index is 0.470. The second-order valence-electron chi connectivity index (χ2n) is 6.30. The third-order valence-electron chi connectivity index (χ3n) is 4.69. The molecule has 2 aliphatic rings. The van der Waals surface area contributed by atoms with Crippen molar-refractivity contribution in [3.63, 3.8) is 0 Å². The van der Waals surface area contributed by atoms with Crippen LogP contribution in [0.25, 0.3) is 0 Å². The van der Waals surface area contributed by atoms with Gasteiger partial charge >= 0.3 is 0 Å². The SMILES string of the molecule is CCCC1(CNC2(C)CCC2)CCCNC1. The molecule has 1 aliphatic carbocycles. The van der Waals surface area contributed by atoms with Gasteiger partial charge in [0.15, 0.2) is 0 Å². The molecule has 0 aromatic rings. The van der Waals surface area contributed by atoms with Crippen LogP contribution in [0.15, 0.2) is 0 Å². The zero-order valence-electron chi connectivity index (χ0n) is 11.1. The van der Waals surface area contributed by atoms with E-state index in [-0.39, 0.29) is 0 Å². The minimum absolute atomic E-state index is 0.470. The molecule has 2 heteroatoms. The molecule has 0 aromatic heterocycles. The van der Waals surface area contributed by atoms with Crippen LogP contribution in [0.3, 0.4) is 0 Å². The van der Waals surface area contributed by atoms with Gasteiger partial charge in [0.25, 0.3) is 0 Å². The molecule has 0 bridgehead atoms. The highest BCUT2D eigenvalue weighted by Crippen LogP contribution is 2.35. The molecule has 0 amide bonds. The van der Waals surface area contributed by atoms with Gasteiger partial charge in [0, 0.05) is 18.6 Å². The van der Waals surface area contributed by atoms with Crippen LogP contribution in [0.4, 0.5) is 0 Å². The maximum atomic E-state index is 3.85. The van der Waals surface area contributed by atoms with Gasteiger partial charge in [0.1, 0.15) is 0 Å². The van der Waals surface area contributed by atoms with E-state index in [0.29, 0.717) is 11.0 Å². The van der Waals surface area contributed by atoms with Crippen molar-refractivity contribution in [1.82, 2.24) is 10.6 Å². The van der Waals surface area contributed by atoms with Crippen LogP contribution in [0.1, 0.15) is 58.8 Å². The highest BCUT2D eigenvalue weighted by Gasteiger charge is 2.36. The van der Waals surface area contributed by atoms with Crippen LogP contribution < -0.4 is 10.6 Å². The number of hydrogen-bond donors (Lipinski definition) is 2. The van der Waals surface area contributed by atoms with Gasteiger partial charge in [-0.25, -0.2) is 0 Å². The maximum Gasteiger partial charge on any atom is 0.0153 e. The van der Waals surface area contributed by atoms with Gasteiger partial charge in [-0.3, -0.25) is 0 Å². The Labute approximate surface area is 101 Å². The van der Waals surface area contributed by atoms with Crippen molar-refractivity contribution in [1.29, 1.82) is 0 Å². The Kier molecular flexibility index (Phi) is 3.91. The summed E-state index contributed by atoms with van der Waals surface area (Å²) >= 11 is 0. The first-order valence-electron chi connectivity index (χ1n) is 7.14. The molecule has 1 heterocycles. The van der Waals surface area contributed by atoms with Gasteiger partial charge in [-0.05, 0) is 57.4 Å². The van der Waals surface area contributed by atoms with Crippen molar-refractivity contribution in [3.05, 3.63) is 0 Å². The summed E-state index contributed by atoms with van der Waals surface area (Å²) in [5.41, 5.74) is 1.02. The topological polar surface area (TPSA) is 24.1 Å². The van der Waals surface area contributed by atoms with Crippen LogP contribution in [-0.4, -0.2) is 25.2 Å². The number of nitrogens with one attached hydrogen (secondary N) is 2. The monoisotopic (exact) mass is 224 g/mol. The lowest BCUT2D eigenvalue weighted by atomic mass is 9.74. The molecular formula is C14H28N2. The van der Waals surface area contributed by atoms with E-state index in [0.717, 1.165) is 0 Å². The lowest BCUT2D eigenvalue weighted by molar-refractivity contribution is 0.129. The van der Waals surface area contributed by atoms with E-state index in [4.69, 9.17) is 0 Å². The van der Waals surface area contributed by atoms with Crippen molar-refractivity contribution in [2.75, 3.05) is 19.6 Å². The Morgan fingerprint density at radius 3 is 2.50 bits per heavy atom.